The first-order valence-corrected chi connectivity index (χ1v) is 13.2. The third-order valence-electron chi connectivity index (χ3n) is 5.60. The summed E-state index contributed by atoms with van der Waals surface area (Å²) < 4.78 is 28.2. The first kappa shape index (κ1) is 28.1. The molecule has 0 aliphatic carbocycles. The van der Waals surface area contributed by atoms with Gasteiger partial charge in [-0.3, -0.25) is 15.0 Å². The molecule has 2 aromatic carbocycles. The van der Waals surface area contributed by atoms with Gasteiger partial charge in [0.15, 0.2) is 0 Å². The minimum absolute atomic E-state index is 0.00653. The minimum atomic E-state index is -3.94. The summed E-state index contributed by atoms with van der Waals surface area (Å²) in [6.45, 7) is 2.15. The van der Waals surface area contributed by atoms with E-state index in [-0.39, 0.29) is 36.4 Å². The minimum Gasteiger partial charge on any atom is -0.480 e. The fourth-order valence-corrected chi connectivity index (χ4v) is 4.53. The molecule has 0 saturated carbocycles. The number of rotatable bonds is 11. The third kappa shape index (κ3) is 7.77. The van der Waals surface area contributed by atoms with Crippen molar-refractivity contribution in [1.82, 2.24) is 19.9 Å². The van der Waals surface area contributed by atoms with Crippen LogP contribution in [0.5, 0.6) is 0 Å². The molecule has 38 heavy (non-hydrogen) atoms. The number of pyridine rings is 1. The van der Waals surface area contributed by atoms with Gasteiger partial charge >= 0.3 is 5.97 Å². The standard InChI is InChI=1S/C26H29N5O6S/c1-18-11-13-20(14-12-18)38(36,37)30-26(27)28-15-5-10-22(25(34)35)29-23(32)21-9-6-16-31(24(21)33)17-19-7-3-2-4-8-19/h2-4,6-9,11-14,16,22H,5,10,15,17H2,1H3,(H,29,32)(H,34,35)(H3,27,28,30)/t22-/m0/s1. The maximum absolute atomic E-state index is 12.8. The summed E-state index contributed by atoms with van der Waals surface area (Å²) in [4.78, 5) is 37.2. The van der Waals surface area contributed by atoms with Crippen LogP contribution in [0.4, 0.5) is 0 Å². The first-order chi connectivity index (χ1) is 18.1. The van der Waals surface area contributed by atoms with Gasteiger partial charge < -0.3 is 20.3 Å². The van der Waals surface area contributed by atoms with Crippen molar-refractivity contribution in [3.8, 4) is 0 Å². The van der Waals surface area contributed by atoms with Crippen LogP contribution < -0.4 is 20.9 Å². The van der Waals surface area contributed by atoms with Gasteiger partial charge in [0.25, 0.3) is 21.5 Å². The topological polar surface area (TPSA) is 170 Å². The second kappa shape index (κ2) is 12.7. The Morgan fingerprint density at radius 1 is 1.03 bits per heavy atom. The average molecular weight is 540 g/mol. The van der Waals surface area contributed by atoms with Crippen LogP contribution in [0.3, 0.4) is 0 Å². The SMILES string of the molecule is Cc1ccc(S(=O)(=O)NC(=N)NCCC[C@H](NC(=O)c2cccn(Cc3ccccc3)c2=O)C(=O)O)cc1. The quantitative estimate of drug-likeness (QED) is 0.140. The zero-order chi connectivity index (χ0) is 27.7. The third-order valence-corrected chi connectivity index (χ3v) is 6.97. The van der Waals surface area contributed by atoms with Crippen molar-refractivity contribution in [1.29, 1.82) is 5.41 Å². The molecule has 200 valence electrons. The lowest BCUT2D eigenvalue weighted by atomic mass is 10.1. The number of carbonyl (C=O) groups is 2. The lowest BCUT2D eigenvalue weighted by Crippen LogP contribution is -2.44. The Bertz CT molecular complexity index is 1450. The molecule has 3 aromatic rings. The normalized spacial score (nSPS) is 11.8. The molecular weight excluding hydrogens is 510 g/mol. The number of carboxylic acid groups (broad SMARTS) is 1. The van der Waals surface area contributed by atoms with Gasteiger partial charge in [-0.25, -0.2) is 17.9 Å². The highest BCUT2D eigenvalue weighted by molar-refractivity contribution is 7.90. The molecule has 0 spiro atoms. The second-order valence-corrected chi connectivity index (χ2v) is 10.2. The van der Waals surface area contributed by atoms with Crippen molar-refractivity contribution < 1.29 is 23.1 Å². The summed E-state index contributed by atoms with van der Waals surface area (Å²) in [7, 11) is -3.94. The predicted octanol–water partition coefficient (Wildman–Crippen LogP) is 1.67. The molecule has 0 unspecified atom stereocenters. The van der Waals surface area contributed by atoms with E-state index in [0.717, 1.165) is 11.1 Å². The summed E-state index contributed by atoms with van der Waals surface area (Å²) in [5, 5.41) is 22.3. The van der Waals surface area contributed by atoms with E-state index in [1.165, 1.54) is 22.8 Å². The Labute approximate surface area is 220 Å². The van der Waals surface area contributed by atoms with Gasteiger partial charge in [0.1, 0.15) is 11.6 Å². The number of hydrogen-bond donors (Lipinski definition) is 5. The maximum atomic E-state index is 12.8. The Morgan fingerprint density at radius 3 is 2.37 bits per heavy atom. The number of carbonyl (C=O) groups excluding carboxylic acids is 1. The predicted molar refractivity (Wildman–Crippen MR) is 142 cm³/mol. The zero-order valence-electron chi connectivity index (χ0n) is 20.7. The number of benzene rings is 2. The molecule has 1 atom stereocenters. The molecule has 1 heterocycles. The van der Waals surface area contributed by atoms with E-state index < -0.39 is 39.5 Å². The van der Waals surface area contributed by atoms with Crippen molar-refractivity contribution in [2.24, 2.45) is 0 Å². The summed E-state index contributed by atoms with van der Waals surface area (Å²) in [6.07, 6.45) is 1.73. The molecule has 5 N–H and O–H groups in total. The first-order valence-electron chi connectivity index (χ1n) is 11.8. The van der Waals surface area contributed by atoms with Crippen LogP contribution >= 0.6 is 0 Å². The van der Waals surface area contributed by atoms with Crippen LogP contribution in [-0.2, 0) is 21.4 Å². The maximum Gasteiger partial charge on any atom is 0.326 e. The van der Waals surface area contributed by atoms with Crippen LogP contribution in [0.1, 0.15) is 34.3 Å². The van der Waals surface area contributed by atoms with Crippen molar-refractivity contribution in [2.75, 3.05) is 6.54 Å². The van der Waals surface area contributed by atoms with Gasteiger partial charge in [0, 0.05) is 12.7 Å². The van der Waals surface area contributed by atoms with Crippen molar-refractivity contribution >= 4 is 27.9 Å². The van der Waals surface area contributed by atoms with Crippen LogP contribution in [0, 0.1) is 12.3 Å². The van der Waals surface area contributed by atoms with E-state index in [2.05, 4.69) is 15.4 Å². The molecule has 0 aliphatic heterocycles. The number of nitrogens with one attached hydrogen (secondary N) is 4. The second-order valence-electron chi connectivity index (χ2n) is 8.57. The fraction of sp³-hybridized carbons (Fsp3) is 0.231. The molecule has 3 rings (SSSR count). The van der Waals surface area contributed by atoms with Crippen molar-refractivity contribution in [2.45, 2.75) is 37.2 Å². The molecule has 1 aromatic heterocycles. The van der Waals surface area contributed by atoms with Gasteiger partial charge in [0.2, 0.25) is 5.96 Å². The van der Waals surface area contributed by atoms with Crippen LogP contribution in [0.15, 0.2) is 82.6 Å². The summed E-state index contributed by atoms with van der Waals surface area (Å²) in [5.41, 5.74) is 1.03. The van der Waals surface area contributed by atoms with E-state index >= 15 is 0 Å². The number of sulfonamides is 1. The van der Waals surface area contributed by atoms with E-state index in [9.17, 15) is 27.9 Å². The highest BCUT2D eigenvalue weighted by atomic mass is 32.2. The number of carboxylic acids is 1. The molecule has 0 radical (unpaired) electrons. The Kier molecular flexibility index (Phi) is 9.39. The number of nitrogens with zero attached hydrogens (tertiary/aromatic N) is 1. The van der Waals surface area contributed by atoms with Crippen LogP contribution in [0.2, 0.25) is 0 Å². The van der Waals surface area contributed by atoms with Gasteiger partial charge in [0.05, 0.1) is 11.4 Å². The zero-order valence-corrected chi connectivity index (χ0v) is 21.5. The largest absolute Gasteiger partial charge is 0.480 e. The van der Waals surface area contributed by atoms with Crippen LogP contribution in [-0.4, -0.2) is 48.5 Å². The molecular formula is C26H29N5O6S. The lowest BCUT2D eigenvalue weighted by Gasteiger charge is -2.16. The van der Waals surface area contributed by atoms with Crippen LogP contribution in [0.25, 0.3) is 0 Å². The molecule has 0 fully saturated rings. The van der Waals surface area contributed by atoms with Gasteiger partial charge in [-0.05, 0) is 49.6 Å². The smallest absolute Gasteiger partial charge is 0.326 e. The number of hydrogen-bond acceptors (Lipinski definition) is 6. The number of aliphatic carboxylic acids is 1. The average Bonchev–Trinajstić information content (AvgIpc) is 2.87. The molecule has 12 heteroatoms. The van der Waals surface area contributed by atoms with Crippen molar-refractivity contribution in [3.05, 3.63) is 100.0 Å². The highest BCUT2D eigenvalue weighted by Crippen LogP contribution is 2.09. The Balaban J connectivity index is 1.53. The molecule has 0 aliphatic rings. The summed E-state index contributed by atoms with van der Waals surface area (Å²) >= 11 is 0. The molecule has 0 bridgehead atoms. The monoisotopic (exact) mass is 539 g/mol. The van der Waals surface area contributed by atoms with Gasteiger partial charge in [-0.2, -0.15) is 0 Å². The number of amides is 1. The molecule has 11 nitrogen and oxygen atoms in total. The van der Waals surface area contributed by atoms with E-state index in [4.69, 9.17) is 5.41 Å². The molecule has 0 saturated heterocycles. The van der Waals surface area contributed by atoms with E-state index in [0.29, 0.717) is 0 Å². The lowest BCUT2D eigenvalue weighted by molar-refractivity contribution is -0.139. The summed E-state index contributed by atoms with van der Waals surface area (Å²) in [5.74, 6) is -2.56. The fourth-order valence-electron chi connectivity index (χ4n) is 3.57. The molecule has 1 amide bonds. The number of aromatic nitrogens is 1. The van der Waals surface area contributed by atoms with Gasteiger partial charge in [-0.1, -0.05) is 48.0 Å². The Hall–Kier alpha value is -4.45. The summed E-state index contributed by atoms with van der Waals surface area (Å²) in [6, 6.07) is 16.9. The highest BCUT2D eigenvalue weighted by Gasteiger charge is 2.22. The Morgan fingerprint density at radius 2 is 1.71 bits per heavy atom. The van der Waals surface area contributed by atoms with Gasteiger partial charge in [-0.15, -0.1) is 0 Å². The number of aryl methyl sites for hydroxylation is 1. The van der Waals surface area contributed by atoms with E-state index in [1.54, 1.807) is 24.4 Å². The van der Waals surface area contributed by atoms with Crippen molar-refractivity contribution in [3.63, 3.8) is 0 Å². The number of guanidine groups is 1. The van der Waals surface area contributed by atoms with E-state index in [1.807, 2.05) is 37.3 Å².